The molecular weight excluding hydrogens is 422 g/mol. The van der Waals surface area contributed by atoms with E-state index in [1.54, 1.807) is 116 Å². The number of hydrogen-bond acceptors (Lipinski definition) is 1. The highest BCUT2D eigenvalue weighted by Crippen LogP contribution is 2.58. The summed E-state index contributed by atoms with van der Waals surface area (Å²) >= 11 is 0. The molecule has 200 valence electrons. The molecule has 9 unspecified atom stereocenters. The minimum atomic E-state index is 0.578. The van der Waals surface area contributed by atoms with E-state index in [9.17, 15) is 0 Å². The second kappa shape index (κ2) is 11.4. The topological polar surface area (TPSA) is 21.9 Å². The van der Waals surface area contributed by atoms with Crippen molar-refractivity contribution < 1.29 is 0 Å². The lowest BCUT2D eigenvalue weighted by Crippen LogP contribution is -2.36. The van der Waals surface area contributed by atoms with Gasteiger partial charge in [0.15, 0.2) is 0 Å². The van der Waals surface area contributed by atoms with Gasteiger partial charge in [0.25, 0.3) is 0 Å². The van der Waals surface area contributed by atoms with E-state index in [0.29, 0.717) is 5.54 Å². The average Bonchev–Trinajstić information content (AvgIpc) is 3.50. The molecule has 5 saturated carbocycles. The van der Waals surface area contributed by atoms with Crippen molar-refractivity contribution in [2.24, 2.45) is 47.3 Å². The van der Waals surface area contributed by atoms with Crippen LogP contribution in [0.2, 0.25) is 0 Å². The standard InChI is InChI=1S/C34H59N/c1-2-33-34(35-33,29-18-8-9-19-29)30-23-22-28(24-30)32-20-5-3-4-12-25-15-10-16-26(25)13-6-7-14-27-17-11-21-31(27)32/h25-33,35H,2-24H2,1H3. The number of nitrogens with one attached hydrogen (secondary N) is 1. The van der Waals surface area contributed by atoms with Crippen molar-refractivity contribution >= 4 is 0 Å². The second-order valence-electron chi connectivity index (χ2n) is 14.7. The molecular formula is C34H59N. The zero-order chi connectivity index (χ0) is 23.7. The van der Waals surface area contributed by atoms with Crippen molar-refractivity contribution in [2.75, 3.05) is 0 Å². The van der Waals surface area contributed by atoms with E-state index in [0.717, 1.165) is 53.4 Å². The number of fused-ring (bicyclic) bond motifs is 2. The van der Waals surface area contributed by atoms with Crippen LogP contribution in [-0.4, -0.2) is 11.6 Å². The molecule has 6 rings (SSSR count). The van der Waals surface area contributed by atoms with Crippen molar-refractivity contribution in [2.45, 2.75) is 166 Å². The molecule has 9 atom stereocenters. The Hall–Kier alpha value is -0.0400. The van der Waals surface area contributed by atoms with Gasteiger partial charge in [-0.1, -0.05) is 103 Å². The highest BCUT2D eigenvalue weighted by Gasteiger charge is 2.62. The first-order valence-corrected chi connectivity index (χ1v) is 17.1. The van der Waals surface area contributed by atoms with Crippen LogP contribution in [0.15, 0.2) is 0 Å². The second-order valence-corrected chi connectivity index (χ2v) is 14.7. The minimum Gasteiger partial charge on any atom is -0.305 e. The van der Waals surface area contributed by atoms with E-state index in [-0.39, 0.29) is 0 Å². The van der Waals surface area contributed by atoms with Gasteiger partial charge in [-0.15, -0.1) is 0 Å². The fraction of sp³-hybridized carbons (Fsp3) is 1.00. The van der Waals surface area contributed by atoms with Crippen LogP contribution in [0.5, 0.6) is 0 Å². The van der Waals surface area contributed by atoms with Crippen LogP contribution >= 0.6 is 0 Å². The minimum absolute atomic E-state index is 0.578. The third kappa shape index (κ3) is 5.16. The maximum atomic E-state index is 4.17. The Morgan fingerprint density at radius 2 is 1.03 bits per heavy atom. The average molecular weight is 482 g/mol. The molecule has 6 fully saturated rings. The van der Waals surface area contributed by atoms with Gasteiger partial charge in [-0.05, 0) is 98.7 Å². The van der Waals surface area contributed by atoms with E-state index in [1.807, 2.05) is 0 Å². The summed E-state index contributed by atoms with van der Waals surface area (Å²) < 4.78 is 0. The van der Waals surface area contributed by atoms with Crippen molar-refractivity contribution in [3.8, 4) is 0 Å². The highest BCUT2D eigenvalue weighted by atomic mass is 15.2. The van der Waals surface area contributed by atoms with Crippen molar-refractivity contribution in [3.05, 3.63) is 0 Å². The molecule has 1 N–H and O–H groups in total. The van der Waals surface area contributed by atoms with Crippen LogP contribution in [0, 0.1) is 47.3 Å². The summed E-state index contributed by atoms with van der Waals surface area (Å²) in [6.07, 6.45) is 35.6. The zero-order valence-electron chi connectivity index (χ0n) is 23.5. The van der Waals surface area contributed by atoms with Gasteiger partial charge in [0.05, 0.1) is 0 Å². The molecule has 1 heterocycles. The van der Waals surface area contributed by atoms with Crippen LogP contribution in [0.25, 0.3) is 0 Å². The third-order valence-corrected chi connectivity index (χ3v) is 13.2. The van der Waals surface area contributed by atoms with Gasteiger partial charge in [0, 0.05) is 11.6 Å². The normalized spacial score (nSPS) is 47.9. The first kappa shape index (κ1) is 25.2. The van der Waals surface area contributed by atoms with Crippen LogP contribution in [0.3, 0.4) is 0 Å². The van der Waals surface area contributed by atoms with Crippen molar-refractivity contribution in [1.29, 1.82) is 0 Å². The Kier molecular flexibility index (Phi) is 8.20. The molecule has 1 nitrogen and oxygen atoms in total. The summed E-state index contributed by atoms with van der Waals surface area (Å²) in [5.74, 6) is 8.56. The van der Waals surface area contributed by atoms with E-state index in [1.165, 1.54) is 32.1 Å². The third-order valence-electron chi connectivity index (χ3n) is 13.2. The molecule has 0 spiro atoms. The Morgan fingerprint density at radius 3 is 1.77 bits per heavy atom. The molecule has 0 bridgehead atoms. The molecule has 5 aliphatic carbocycles. The Balaban J connectivity index is 1.13. The lowest BCUT2D eigenvalue weighted by molar-refractivity contribution is 0.150. The highest BCUT2D eigenvalue weighted by molar-refractivity contribution is 5.21. The molecule has 1 heteroatoms. The molecule has 6 aliphatic rings. The number of hydrogen-bond donors (Lipinski definition) is 1. The molecule has 0 amide bonds. The molecule has 1 saturated heterocycles. The van der Waals surface area contributed by atoms with Gasteiger partial charge in [0.2, 0.25) is 0 Å². The fourth-order valence-electron chi connectivity index (χ4n) is 11.5. The van der Waals surface area contributed by atoms with E-state index >= 15 is 0 Å². The lowest BCUT2D eigenvalue weighted by Gasteiger charge is -2.35. The fourth-order valence-corrected chi connectivity index (χ4v) is 11.5. The molecule has 0 aromatic heterocycles. The summed E-state index contributed by atoms with van der Waals surface area (Å²) in [7, 11) is 0. The summed E-state index contributed by atoms with van der Waals surface area (Å²) in [5, 5.41) is 4.17. The number of rotatable bonds is 4. The SMILES string of the molecule is CCC1NC1(C1CCCC1)C1CCC(C2CCCCCC3CCCC3CCCCC3CCCC32)C1. The van der Waals surface area contributed by atoms with Gasteiger partial charge in [0.1, 0.15) is 0 Å². The first-order chi connectivity index (χ1) is 17.3. The first-order valence-electron chi connectivity index (χ1n) is 17.1. The van der Waals surface area contributed by atoms with Gasteiger partial charge in [-0.3, -0.25) is 0 Å². The molecule has 1 aliphatic heterocycles. The summed E-state index contributed by atoms with van der Waals surface area (Å²) in [6.45, 7) is 2.45. The summed E-state index contributed by atoms with van der Waals surface area (Å²) in [5.41, 5.74) is 0.578. The van der Waals surface area contributed by atoms with E-state index in [4.69, 9.17) is 0 Å². The van der Waals surface area contributed by atoms with Crippen molar-refractivity contribution in [3.63, 3.8) is 0 Å². The van der Waals surface area contributed by atoms with Gasteiger partial charge in [-0.2, -0.15) is 0 Å². The van der Waals surface area contributed by atoms with Gasteiger partial charge < -0.3 is 5.32 Å². The van der Waals surface area contributed by atoms with E-state index < -0.39 is 0 Å². The van der Waals surface area contributed by atoms with Crippen LogP contribution in [-0.2, 0) is 0 Å². The largest absolute Gasteiger partial charge is 0.305 e. The van der Waals surface area contributed by atoms with E-state index in [2.05, 4.69) is 12.2 Å². The Morgan fingerprint density at radius 1 is 0.486 bits per heavy atom. The quantitative estimate of drug-likeness (QED) is 0.396. The van der Waals surface area contributed by atoms with Crippen LogP contribution < -0.4 is 5.32 Å². The summed E-state index contributed by atoms with van der Waals surface area (Å²) in [4.78, 5) is 0. The Bertz CT molecular complexity index is 666. The molecule has 0 aromatic rings. The maximum Gasteiger partial charge on any atom is 0.0395 e. The predicted molar refractivity (Wildman–Crippen MR) is 149 cm³/mol. The zero-order valence-corrected chi connectivity index (χ0v) is 23.5. The predicted octanol–water partition coefficient (Wildman–Crippen LogP) is 9.69. The van der Waals surface area contributed by atoms with Crippen LogP contribution in [0.1, 0.15) is 155 Å². The van der Waals surface area contributed by atoms with Gasteiger partial charge in [-0.25, -0.2) is 0 Å². The molecule has 0 radical (unpaired) electrons. The maximum absolute atomic E-state index is 4.17. The monoisotopic (exact) mass is 481 g/mol. The lowest BCUT2D eigenvalue weighted by atomic mass is 9.70. The smallest absolute Gasteiger partial charge is 0.0395 e. The molecule has 0 aromatic carbocycles. The molecule has 35 heavy (non-hydrogen) atoms. The van der Waals surface area contributed by atoms with Gasteiger partial charge >= 0.3 is 0 Å². The Labute approximate surface area is 218 Å². The van der Waals surface area contributed by atoms with Crippen molar-refractivity contribution in [1.82, 2.24) is 5.32 Å². The summed E-state index contributed by atoms with van der Waals surface area (Å²) in [6, 6.07) is 0.858. The van der Waals surface area contributed by atoms with Crippen LogP contribution in [0.4, 0.5) is 0 Å².